The second-order valence-corrected chi connectivity index (χ2v) is 13.6. The highest BCUT2D eigenvalue weighted by Gasteiger charge is 2.47. The molecule has 0 saturated heterocycles. The van der Waals surface area contributed by atoms with Gasteiger partial charge in [-0.3, -0.25) is 0 Å². The van der Waals surface area contributed by atoms with E-state index in [0.29, 0.717) is 0 Å². The van der Waals surface area contributed by atoms with Crippen molar-refractivity contribution in [1.82, 2.24) is 9.05 Å². The summed E-state index contributed by atoms with van der Waals surface area (Å²) in [5, 5.41) is 7.57. The van der Waals surface area contributed by atoms with Crippen LogP contribution >= 0.6 is 0 Å². The first-order chi connectivity index (χ1) is 22.1. The van der Waals surface area contributed by atoms with E-state index < -0.39 is 0 Å². The van der Waals surface area contributed by atoms with Crippen LogP contribution in [0.3, 0.4) is 0 Å². The Hall–Kier alpha value is -5.48. The molecule has 0 bridgehead atoms. The smallest absolute Gasteiger partial charge is 0.336 e. The van der Waals surface area contributed by atoms with Crippen LogP contribution in [0.4, 0.5) is 0 Å². The van der Waals surface area contributed by atoms with Gasteiger partial charge in [0, 0.05) is 49.3 Å². The number of benzene rings is 6. The zero-order valence-corrected chi connectivity index (χ0v) is 24.8. The lowest BCUT2D eigenvalue weighted by Crippen LogP contribution is -2.55. The van der Waals surface area contributed by atoms with Crippen molar-refractivity contribution in [2.24, 2.45) is 0 Å². The van der Waals surface area contributed by atoms with Gasteiger partial charge < -0.3 is 13.5 Å². The highest BCUT2D eigenvalue weighted by atomic mass is 16.3. The molecule has 6 aromatic carbocycles. The van der Waals surface area contributed by atoms with E-state index in [-0.39, 0.29) is 12.3 Å². The first-order valence-electron chi connectivity index (χ1n) is 15.9. The van der Waals surface area contributed by atoms with Crippen molar-refractivity contribution in [2.45, 2.75) is 19.3 Å². The Kier molecular flexibility index (Phi) is 3.70. The van der Waals surface area contributed by atoms with Crippen LogP contribution in [0.15, 0.2) is 120 Å². The molecule has 12 rings (SSSR count). The van der Waals surface area contributed by atoms with E-state index in [1.807, 2.05) is 0 Å². The number of fused-ring (bicyclic) bond motifs is 16. The first kappa shape index (κ1) is 23.0. The quantitative estimate of drug-likeness (QED) is 0.167. The van der Waals surface area contributed by atoms with Gasteiger partial charge in [-0.2, -0.15) is 0 Å². The molecule has 4 heteroatoms. The lowest BCUT2D eigenvalue weighted by molar-refractivity contribution is 0.624. The highest BCUT2D eigenvalue weighted by molar-refractivity contribution is 6.90. The van der Waals surface area contributed by atoms with E-state index >= 15 is 0 Å². The summed E-state index contributed by atoms with van der Waals surface area (Å²) in [7, 11) is 0. The Balaban J connectivity index is 1.37. The summed E-state index contributed by atoms with van der Waals surface area (Å²) in [5.41, 5.74) is 16.5. The summed E-state index contributed by atoms with van der Waals surface area (Å²) < 4.78 is 12.0. The average molecular weight is 572 g/mol. The van der Waals surface area contributed by atoms with Gasteiger partial charge in [-0.1, -0.05) is 117 Å². The Bertz CT molecular complexity index is 2860. The predicted octanol–water partition coefficient (Wildman–Crippen LogP) is 8.89. The lowest BCUT2D eigenvalue weighted by Gasteiger charge is -2.36. The summed E-state index contributed by atoms with van der Waals surface area (Å²) >= 11 is 0. The van der Waals surface area contributed by atoms with Gasteiger partial charge in [-0.05, 0) is 45.1 Å². The normalized spacial score (nSPS) is 15.0. The third-order valence-corrected chi connectivity index (χ3v) is 11.2. The van der Waals surface area contributed by atoms with Crippen LogP contribution in [0.5, 0.6) is 0 Å². The van der Waals surface area contributed by atoms with Gasteiger partial charge in [0.25, 0.3) is 0 Å². The van der Waals surface area contributed by atoms with E-state index in [1.165, 1.54) is 93.5 Å². The zero-order chi connectivity index (χ0) is 29.3. The van der Waals surface area contributed by atoms with E-state index in [0.717, 1.165) is 11.3 Å². The van der Waals surface area contributed by atoms with Crippen molar-refractivity contribution >= 4 is 72.4 Å². The lowest BCUT2D eigenvalue weighted by atomic mass is 9.45. The molecule has 0 amide bonds. The van der Waals surface area contributed by atoms with Gasteiger partial charge in [0.05, 0.1) is 16.6 Å². The Labute approximate surface area is 259 Å². The summed E-state index contributed by atoms with van der Waals surface area (Å²) in [6, 6.07) is 42.8. The molecule has 0 unspecified atom stereocenters. The molecule has 0 saturated carbocycles. The third-order valence-electron chi connectivity index (χ3n) is 11.2. The maximum atomic E-state index is 6.83. The molecular formula is C41H25BN2O. The molecular weight excluding hydrogens is 547 g/mol. The minimum atomic E-state index is -0.155. The van der Waals surface area contributed by atoms with Crippen LogP contribution in [0, 0.1) is 0 Å². The number of rotatable bonds is 0. The number of aromatic nitrogens is 2. The van der Waals surface area contributed by atoms with Crippen molar-refractivity contribution in [3.63, 3.8) is 0 Å². The molecule has 3 nitrogen and oxygen atoms in total. The van der Waals surface area contributed by atoms with Gasteiger partial charge in [0.1, 0.15) is 5.58 Å². The van der Waals surface area contributed by atoms with Crippen molar-refractivity contribution in [2.75, 3.05) is 0 Å². The maximum Gasteiger partial charge on any atom is 0.336 e. The number of furan rings is 1. The number of hydrogen-bond acceptors (Lipinski definition) is 1. The average Bonchev–Trinajstić information content (AvgIpc) is 3.78. The molecule has 0 atom stereocenters. The second kappa shape index (κ2) is 7.25. The molecule has 208 valence electrons. The molecule has 5 heterocycles. The summed E-state index contributed by atoms with van der Waals surface area (Å²) in [4.78, 5) is 0. The summed E-state index contributed by atoms with van der Waals surface area (Å²) in [6.45, 7) is 4.80. The van der Waals surface area contributed by atoms with Gasteiger partial charge in [0.15, 0.2) is 5.71 Å². The van der Waals surface area contributed by atoms with Crippen LogP contribution in [0.25, 0.3) is 82.6 Å². The number of para-hydroxylation sites is 3. The number of nitrogens with zero attached hydrogens (tertiary/aromatic N) is 2. The second-order valence-electron chi connectivity index (χ2n) is 13.6. The van der Waals surface area contributed by atoms with Crippen molar-refractivity contribution in [3.05, 3.63) is 127 Å². The molecule has 0 N–H and O–H groups in total. The van der Waals surface area contributed by atoms with Crippen LogP contribution in [0.1, 0.15) is 25.1 Å². The molecule has 0 radical (unpaired) electrons. The van der Waals surface area contributed by atoms with Gasteiger partial charge >= 0.3 is 6.85 Å². The Morgan fingerprint density at radius 2 is 1.38 bits per heavy atom. The zero-order valence-electron chi connectivity index (χ0n) is 24.8. The first-order valence-corrected chi connectivity index (χ1v) is 15.9. The molecule has 9 aromatic rings. The van der Waals surface area contributed by atoms with Crippen molar-refractivity contribution in [1.29, 1.82) is 0 Å². The summed E-state index contributed by atoms with van der Waals surface area (Å²) in [6.07, 6.45) is 0. The van der Waals surface area contributed by atoms with Gasteiger partial charge in [0.2, 0.25) is 0 Å². The monoisotopic (exact) mass is 572 g/mol. The highest BCUT2D eigenvalue weighted by Crippen LogP contribution is 2.55. The standard InChI is InChI=1S/C41H25BN2O/c1-41(2)30-18-7-5-13-25(30)33-27-17-10-19-31-37(27)43(39(33)41)38-23-12-4-3-11-22(23)21-29-24-15-9-16-28-34-26-14-6-8-20-32(26)45-40(34)44(36(24)28)42(31)35(29)38/h3-21H,1-2H3. The maximum absolute atomic E-state index is 6.83. The molecule has 1 aliphatic carbocycles. The molecule has 3 aromatic heterocycles. The molecule has 0 fully saturated rings. The summed E-state index contributed by atoms with van der Waals surface area (Å²) in [5.74, 6) is 0. The van der Waals surface area contributed by atoms with Gasteiger partial charge in [-0.25, -0.2) is 0 Å². The van der Waals surface area contributed by atoms with E-state index in [9.17, 15) is 0 Å². The SMILES string of the molecule is CC1(C)c2ccccc2-c2c1n1c3c(cccc23)B2c3c(cc4ccccc4c3-1)-c1cccc3c4c5ccccc5oc4n2c13. The molecule has 3 aliphatic rings. The number of hydrogen-bond donors (Lipinski definition) is 0. The van der Waals surface area contributed by atoms with Crippen LogP contribution < -0.4 is 10.9 Å². The minimum Gasteiger partial charge on any atom is -0.441 e. The van der Waals surface area contributed by atoms with Crippen LogP contribution in [-0.4, -0.2) is 15.9 Å². The van der Waals surface area contributed by atoms with Crippen LogP contribution in [0.2, 0.25) is 0 Å². The Morgan fingerprint density at radius 1 is 0.644 bits per heavy atom. The fourth-order valence-electron chi connectivity index (χ4n) is 9.59. The molecule has 2 aliphatic heterocycles. The third kappa shape index (κ3) is 2.36. The molecule has 45 heavy (non-hydrogen) atoms. The largest absolute Gasteiger partial charge is 0.441 e. The fourth-order valence-corrected chi connectivity index (χ4v) is 9.59. The van der Waals surface area contributed by atoms with Gasteiger partial charge in [-0.15, -0.1) is 0 Å². The van der Waals surface area contributed by atoms with Crippen LogP contribution in [-0.2, 0) is 5.41 Å². The Morgan fingerprint density at radius 3 is 2.31 bits per heavy atom. The van der Waals surface area contributed by atoms with E-state index in [4.69, 9.17) is 4.42 Å². The predicted molar refractivity (Wildman–Crippen MR) is 187 cm³/mol. The van der Waals surface area contributed by atoms with Crippen molar-refractivity contribution < 1.29 is 4.42 Å². The minimum absolute atomic E-state index is 0.0142. The van der Waals surface area contributed by atoms with E-state index in [1.54, 1.807) is 0 Å². The van der Waals surface area contributed by atoms with E-state index in [2.05, 4.69) is 138 Å². The van der Waals surface area contributed by atoms with Crippen molar-refractivity contribution in [3.8, 4) is 27.9 Å². The fraction of sp³-hybridized carbons (Fsp3) is 0.0732. The topological polar surface area (TPSA) is 23.0 Å². The molecule has 0 spiro atoms.